The molecule has 0 heterocycles. The van der Waals surface area contributed by atoms with Gasteiger partial charge in [0.25, 0.3) is 0 Å². The van der Waals surface area contributed by atoms with E-state index in [1.165, 1.54) is 7.11 Å². The molecule has 0 aromatic rings. The van der Waals surface area contributed by atoms with Gasteiger partial charge in [-0.05, 0) is 6.92 Å². The van der Waals surface area contributed by atoms with Crippen LogP contribution in [0.1, 0.15) is 13.3 Å². The molecule has 0 spiro atoms. The highest BCUT2D eigenvalue weighted by Gasteiger charge is 2.02. The average Bonchev–Trinajstić information content (AvgIpc) is 2.99. The summed E-state index contributed by atoms with van der Waals surface area (Å²) in [6.45, 7) is 14.4. The SMILES string of the molecule is C=C(C)C(=O)OCCOCCOCCOCCOCCOCCOCCOCCOCCOCCOCCC(=O)OC. The summed E-state index contributed by atoms with van der Waals surface area (Å²) in [6.07, 6.45) is 0.241. The van der Waals surface area contributed by atoms with Crippen LogP contribution in [0.15, 0.2) is 12.2 Å². The Morgan fingerprint density at radius 1 is 0.429 bits per heavy atom. The van der Waals surface area contributed by atoms with Crippen molar-refractivity contribution in [2.45, 2.75) is 13.3 Å². The highest BCUT2D eigenvalue weighted by molar-refractivity contribution is 5.86. The maximum Gasteiger partial charge on any atom is 0.333 e. The van der Waals surface area contributed by atoms with Crippen molar-refractivity contribution in [3.63, 3.8) is 0 Å². The fourth-order valence-corrected chi connectivity index (χ4v) is 2.66. The first kappa shape index (κ1) is 40.3. The number of methoxy groups -OCH3 is 1. The van der Waals surface area contributed by atoms with Gasteiger partial charge in [-0.15, -0.1) is 0 Å². The van der Waals surface area contributed by atoms with Crippen molar-refractivity contribution < 1.29 is 66.4 Å². The molecule has 0 fully saturated rings. The predicted molar refractivity (Wildman–Crippen MR) is 151 cm³/mol. The lowest BCUT2D eigenvalue weighted by Crippen LogP contribution is -2.15. The van der Waals surface area contributed by atoms with E-state index in [1.807, 2.05) is 0 Å². The molecule has 42 heavy (non-hydrogen) atoms. The second kappa shape index (κ2) is 33.8. The minimum Gasteiger partial charge on any atom is -0.469 e. The summed E-state index contributed by atoms with van der Waals surface area (Å²) in [7, 11) is 1.35. The van der Waals surface area contributed by atoms with Crippen LogP contribution in [0, 0.1) is 0 Å². The lowest BCUT2D eigenvalue weighted by atomic mass is 10.4. The van der Waals surface area contributed by atoms with Crippen molar-refractivity contribution in [3.05, 3.63) is 12.2 Å². The first-order chi connectivity index (χ1) is 20.6. The number of esters is 2. The molecule has 0 amide bonds. The van der Waals surface area contributed by atoms with Crippen molar-refractivity contribution >= 4 is 11.9 Å². The molecule has 0 aliphatic carbocycles. The molecule has 0 radical (unpaired) electrons. The van der Waals surface area contributed by atoms with Crippen LogP contribution in [0.4, 0.5) is 0 Å². The second-order valence-electron chi connectivity index (χ2n) is 8.37. The Bertz CT molecular complexity index is 619. The van der Waals surface area contributed by atoms with Crippen LogP contribution in [0.25, 0.3) is 0 Å². The van der Waals surface area contributed by atoms with Gasteiger partial charge in [0.2, 0.25) is 0 Å². The summed E-state index contributed by atoms with van der Waals surface area (Å²) in [5.41, 5.74) is 0.367. The van der Waals surface area contributed by atoms with Crippen LogP contribution in [-0.2, 0) is 66.4 Å². The molecule has 0 N–H and O–H groups in total. The van der Waals surface area contributed by atoms with Gasteiger partial charge in [-0.25, -0.2) is 4.79 Å². The third kappa shape index (κ3) is 32.8. The second-order valence-corrected chi connectivity index (χ2v) is 8.37. The zero-order chi connectivity index (χ0) is 30.8. The number of carbonyl (C=O) groups is 2. The van der Waals surface area contributed by atoms with E-state index >= 15 is 0 Å². The molecule has 0 bridgehead atoms. The molecule has 0 aromatic carbocycles. The number of carbonyl (C=O) groups excluding carboxylic acids is 2. The molecule has 0 aliphatic heterocycles. The van der Waals surface area contributed by atoms with E-state index in [4.69, 9.17) is 52.1 Å². The normalized spacial score (nSPS) is 11.1. The van der Waals surface area contributed by atoms with Crippen molar-refractivity contribution in [2.75, 3.05) is 146 Å². The van der Waals surface area contributed by atoms with E-state index in [9.17, 15) is 9.59 Å². The van der Waals surface area contributed by atoms with Gasteiger partial charge in [0.15, 0.2) is 0 Å². The Hall–Kier alpha value is -1.72. The summed E-state index contributed by atoms with van der Waals surface area (Å²) in [5.74, 6) is -0.705. The van der Waals surface area contributed by atoms with Crippen LogP contribution < -0.4 is 0 Å². The van der Waals surface area contributed by atoms with E-state index in [-0.39, 0.29) is 19.0 Å². The van der Waals surface area contributed by atoms with Crippen LogP contribution in [0.5, 0.6) is 0 Å². The molecule has 248 valence electrons. The Morgan fingerprint density at radius 3 is 0.905 bits per heavy atom. The molecule has 14 heteroatoms. The van der Waals surface area contributed by atoms with E-state index in [0.717, 1.165) is 0 Å². The third-order valence-electron chi connectivity index (χ3n) is 4.84. The smallest absolute Gasteiger partial charge is 0.333 e. The van der Waals surface area contributed by atoms with Crippen molar-refractivity contribution in [1.82, 2.24) is 0 Å². The first-order valence-electron chi connectivity index (χ1n) is 14.2. The van der Waals surface area contributed by atoms with Gasteiger partial charge in [0, 0.05) is 5.57 Å². The van der Waals surface area contributed by atoms with Crippen molar-refractivity contribution in [1.29, 1.82) is 0 Å². The number of hydrogen-bond acceptors (Lipinski definition) is 14. The summed E-state index contributed by atoms with van der Waals surface area (Å²) in [4.78, 5) is 22.1. The molecule has 0 rings (SSSR count). The van der Waals surface area contributed by atoms with E-state index in [1.54, 1.807) is 6.92 Å². The molecule has 14 nitrogen and oxygen atoms in total. The van der Waals surface area contributed by atoms with Gasteiger partial charge in [-0.1, -0.05) is 6.58 Å². The van der Waals surface area contributed by atoms with Crippen LogP contribution >= 0.6 is 0 Å². The fraction of sp³-hybridized carbons (Fsp3) is 0.857. The Balaban J connectivity index is 3.08. The molecular formula is C28H52O14. The number of rotatable bonds is 34. The monoisotopic (exact) mass is 612 g/mol. The van der Waals surface area contributed by atoms with Crippen LogP contribution in [0.3, 0.4) is 0 Å². The molecule has 0 aliphatic rings. The maximum absolute atomic E-state index is 11.2. The lowest BCUT2D eigenvalue weighted by Gasteiger charge is -2.09. The average molecular weight is 613 g/mol. The third-order valence-corrected chi connectivity index (χ3v) is 4.84. The minimum absolute atomic E-state index is 0.196. The highest BCUT2D eigenvalue weighted by atomic mass is 16.6. The molecule has 0 aromatic heterocycles. The summed E-state index contributed by atoms with van der Waals surface area (Å²) >= 11 is 0. The van der Waals surface area contributed by atoms with E-state index < -0.39 is 5.97 Å². The molecule has 0 saturated heterocycles. The van der Waals surface area contributed by atoms with Crippen molar-refractivity contribution in [2.24, 2.45) is 0 Å². The van der Waals surface area contributed by atoms with Crippen LogP contribution in [-0.4, -0.2) is 158 Å². The van der Waals surface area contributed by atoms with Crippen molar-refractivity contribution in [3.8, 4) is 0 Å². The van der Waals surface area contributed by atoms with Gasteiger partial charge >= 0.3 is 11.9 Å². The molecule has 0 unspecified atom stereocenters. The zero-order valence-electron chi connectivity index (χ0n) is 25.5. The van der Waals surface area contributed by atoms with Gasteiger partial charge in [0.1, 0.15) is 6.61 Å². The number of ether oxygens (including phenoxy) is 12. The maximum atomic E-state index is 11.2. The minimum atomic E-state index is -0.416. The fourth-order valence-electron chi connectivity index (χ4n) is 2.66. The van der Waals surface area contributed by atoms with E-state index in [2.05, 4.69) is 11.3 Å². The van der Waals surface area contributed by atoms with Gasteiger partial charge < -0.3 is 56.8 Å². The topological polar surface area (TPSA) is 145 Å². The molecule has 0 atom stereocenters. The number of hydrogen-bond donors (Lipinski definition) is 0. The van der Waals surface area contributed by atoms with Gasteiger partial charge in [-0.2, -0.15) is 0 Å². The summed E-state index contributed by atoms with van der Waals surface area (Å²) < 4.78 is 63.3. The first-order valence-corrected chi connectivity index (χ1v) is 14.2. The zero-order valence-corrected chi connectivity index (χ0v) is 25.5. The predicted octanol–water partition coefficient (Wildman–Crippen LogP) is 0.835. The highest BCUT2D eigenvalue weighted by Crippen LogP contribution is 1.92. The molecular weight excluding hydrogens is 560 g/mol. The van der Waals surface area contributed by atoms with Gasteiger partial charge in [0.05, 0.1) is 146 Å². The summed E-state index contributed by atoms with van der Waals surface area (Å²) in [6, 6.07) is 0. The Morgan fingerprint density at radius 2 is 0.667 bits per heavy atom. The van der Waals surface area contributed by atoms with Gasteiger partial charge in [-0.3, -0.25) is 4.79 Å². The Labute approximate surface area is 250 Å². The summed E-state index contributed by atoms with van der Waals surface area (Å²) in [5, 5.41) is 0. The lowest BCUT2D eigenvalue weighted by molar-refractivity contribution is -0.142. The standard InChI is InChI=1S/C28H52O14/c1-26(2)28(30)42-25-24-41-23-22-40-21-20-39-19-18-38-17-16-37-15-14-36-13-12-35-11-10-34-9-8-33-7-6-32-5-4-27(29)31-3/h1,4-25H2,2-3H3. The van der Waals surface area contributed by atoms with E-state index in [0.29, 0.717) is 138 Å². The Kier molecular flexibility index (Phi) is 32.4. The van der Waals surface area contributed by atoms with Crippen LogP contribution in [0.2, 0.25) is 0 Å². The molecule has 0 saturated carbocycles. The quantitative estimate of drug-likeness (QED) is 0.0575. The largest absolute Gasteiger partial charge is 0.469 e.